The molecule has 2 aromatic carbocycles. The van der Waals surface area contributed by atoms with Crippen molar-refractivity contribution < 1.29 is 14.2 Å². The molecule has 0 amide bonds. The molecule has 5 nitrogen and oxygen atoms in total. The minimum absolute atomic E-state index is 0.0313. The third kappa shape index (κ3) is 4.07. The van der Waals surface area contributed by atoms with Crippen molar-refractivity contribution in [2.75, 3.05) is 11.7 Å². The lowest BCUT2D eigenvalue weighted by Crippen LogP contribution is -2.12. The van der Waals surface area contributed by atoms with Gasteiger partial charge in [0.2, 0.25) is 0 Å². The van der Waals surface area contributed by atoms with E-state index in [0.717, 1.165) is 17.2 Å². The quantitative estimate of drug-likeness (QED) is 0.819. The van der Waals surface area contributed by atoms with Gasteiger partial charge in [0.1, 0.15) is 11.5 Å². The van der Waals surface area contributed by atoms with Crippen molar-refractivity contribution in [1.29, 1.82) is 0 Å². The van der Waals surface area contributed by atoms with E-state index >= 15 is 0 Å². The predicted molar refractivity (Wildman–Crippen MR) is 90.1 cm³/mol. The zero-order chi connectivity index (χ0) is 16.2. The lowest BCUT2D eigenvalue weighted by Gasteiger charge is -2.12. The van der Waals surface area contributed by atoms with Gasteiger partial charge in [0.25, 0.3) is 0 Å². The predicted octanol–water partition coefficient (Wildman–Crippen LogP) is 4.62. The molecule has 0 saturated heterocycles. The van der Waals surface area contributed by atoms with Gasteiger partial charge in [0.15, 0.2) is 6.73 Å². The molecule has 1 heterocycles. The zero-order valence-electron chi connectivity index (χ0n) is 12.9. The first-order valence-corrected chi connectivity index (χ1v) is 7.67. The van der Waals surface area contributed by atoms with Crippen molar-refractivity contribution in [1.82, 2.24) is 0 Å². The van der Waals surface area contributed by atoms with Crippen LogP contribution < -0.4 is 9.75 Å². The summed E-state index contributed by atoms with van der Waals surface area (Å²) in [6.45, 7) is 4.19. The molecule has 0 saturated carbocycles. The average molecular weight is 333 g/mol. The van der Waals surface area contributed by atoms with Gasteiger partial charge >= 0.3 is 6.08 Å². The summed E-state index contributed by atoms with van der Waals surface area (Å²) in [5, 5.41) is 6.68. The molecule has 2 aromatic rings. The first-order chi connectivity index (χ1) is 11.1. The van der Waals surface area contributed by atoms with Crippen LogP contribution in [0.3, 0.4) is 0 Å². The van der Waals surface area contributed by atoms with E-state index in [1.54, 1.807) is 17.1 Å². The molecule has 0 aliphatic carbocycles. The summed E-state index contributed by atoms with van der Waals surface area (Å²) in [5.41, 5.74) is 0.899. The van der Waals surface area contributed by atoms with Gasteiger partial charge in [-0.1, -0.05) is 16.7 Å². The van der Waals surface area contributed by atoms with E-state index in [1.807, 2.05) is 50.2 Å². The molecule has 0 radical (unpaired) electrons. The van der Waals surface area contributed by atoms with Gasteiger partial charge in [-0.25, -0.2) is 5.01 Å². The van der Waals surface area contributed by atoms with Crippen LogP contribution in [0.5, 0.6) is 11.5 Å². The molecule has 23 heavy (non-hydrogen) atoms. The van der Waals surface area contributed by atoms with Crippen LogP contribution >= 0.6 is 11.6 Å². The first kappa shape index (κ1) is 15.5. The van der Waals surface area contributed by atoms with Crippen molar-refractivity contribution in [2.24, 2.45) is 5.10 Å². The van der Waals surface area contributed by atoms with E-state index in [-0.39, 0.29) is 6.10 Å². The van der Waals surface area contributed by atoms with E-state index in [1.165, 1.54) is 0 Å². The molecule has 3 rings (SSSR count). The molecule has 0 atom stereocenters. The molecule has 0 N–H and O–H groups in total. The van der Waals surface area contributed by atoms with Crippen molar-refractivity contribution in [2.45, 2.75) is 20.0 Å². The fourth-order valence-electron chi connectivity index (χ4n) is 1.99. The molecule has 0 aromatic heterocycles. The molecule has 6 heteroatoms. The minimum Gasteiger partial charge on any atom is -0.457 e. The Balaban J connectivity index is 1.65. The maximum absolute atomic E-state index is 5.86. The maximum atomic E-state index is 5.86. The molecule has 0 bridgehead atoms. The average Bonchev–Trinajstić information content (AvgIpc) is 2.98. The zero-order valence-corrected chi connectivity index (χ0v) is 13.7. The standard InChI is InChI=1S/C17H17ClN2O3/c1-12(2)22-17-19-20(11-21-17)14-5-9-16(10-6-14)23-15-7-3-13(18)4-8-15/h3-10,12H,11H2,1-2H3. The Kier molecular flexibility index (Phi) is 4.57. The summed E-state index contributed by atoms with van der Waals surface area (Å²) < 4.78 is 16.6. The number of anilines is 1. The lowest BCUT2D eigenvalue weighted by molar-refractivity contribution is 0.146. The van der Waals surface area contributed by atoms with Crippen molar-refractivity contribution in [3.63, 3.8) is 0 Å². The fourth-order valence-corrected chi connectivity index (χ4v) is 2.12. The second-order valence-corrected chi connectivity index (χ2v) is 5.69. The van der Waals surface area contributed by atoms with E-state index in [9.17, 15) is 0 Å². The first-order valence-electron chi connectivity index (χ1n) is 7.29. The van der Waals surface area contributed by atoms with E-state index in [0.29, 0.717) is 17.8 Å². The summed E-state index contributed by atoms with van der Waals surface area (Å²) in [4.78, 5) is 0. The number of hydrogen-bond acceptors (Lipinski definition) is 5. The van der Waals surface area contributed by atoms with Crippen LogP contribution in [0, 0.1) is 0 Å². The third-order valence-electron chi connectivity index (χ3n) is 3.03. The van der Waals surface area contributed by atoms with E-state index in [4.69, 9.17) is 25.8 Å². The number of benzene rings is 2. The Hall–Kier alpha value is -2.40. The molecule has 120 valence electrons. The smallest absolute Gasteiger partial charge is 0.408 e. The molecular formula is C17H17ClN2O3. The second kappa shape index (κ2) is 6.79. The SMILES string of the molecule is CC(C)OC1=NN(c2ccc(Oc3ccc(Cl)cc3)cc2)CO1. The number of hydrazone groups is 1. The highest BCUT2D eigenvalue weighted by Crippen LogP contribution is 2.26. The van der Waals surface area contributed by atoms with Crippen LogP contribution in [0.1, 0.15) is 13.8 Å². The Morgan fingerprint density at radius 1 is 1.04 bits per heavy atom. The normalized spacial score (nSPS) is 13.7. The van der Waals surface area contributed by atoms with Crippen LogP contribution in [0.2, 0.25) is 5.02 Å². The lowest BCUT2D eigenvalue weighted by atomic mass is 10.3. The van der Waals surface area contributed by atoms with Crippen LogP contribution in [-0.2, 0) is 9.47 Å². The Morgan fingerprint density at radius 3 is 2.26 bits per heavy atom. The molecule has 1 aliphatic rings. The van der Waals surface area contributed by atoms with Gasteiger partial charge < -0.3 is 14.2 Å². The van der Waals surface area contributed by atoms with Crippen LogP contribution in [0.4, 0.5) is 5.69 Å². The molecule has 0 spiro atoms. The Bertz CT molecular complexity index is 684. The van der Waals surface area contributed by atoms with Gasteiger partial charge in [-0.3, -0.25) is 0 Å². The fraction of sp³-hybridized carbons (Fsp3) is 0.235. The largest absolute Gasteiger partial charge is 0.457 e. The highest BCUT2D eigenvalue weighted by atomic mass is 35.5. The van der Waals surface area contributed by atoms with Gasteiger partial charge in [0, 0.05) is 5.02 Å². The van der Waals surface area contributed by atoms with Gasteiger partial charge in [0.05, 0.1) is 11.8 Å². The summed E-state index contributed by atoms with van der Waals surface area (Å²) in [5.74, 6) is 1.47. The van der Waals surface area contributed by atoms with Crippen LogP contribution in [-0.4, -0.2) is 18.9 Å². The number of ether oxygens (including phenoxy) is 3. The van der Waals surface area contributed by atoms with Gasteiger partial charge in [-0.2, -0.15) is 0 Å². The summed E-state index contributed by atoms with van der Waals surface area (Å²) in [6.07, 6.45) is 0.324. The number of hydrogen-bond donors (Lipinski definition) is 0. The summed E-state index contributed by atoms with van der Waals surface area (Å²) >= 11 is 5.86. The number of rotatable bonds is 4. The van der Waals surface area contributed by atoms with Gasteiger partial charge in [-0.15, -0.1) is 0 Å². The molecular weight excluding hydrogens is 316 g/mol. The molecule has 0 unspecified atom stereocenters. The van der Waals surface area contributed by atoms with Crippen molar-refractivity contribution in [3.8, 4) is 11.5 Å². The van der Waals surface area contributed by atoms with E-state index in [2.05, 4.69) is 5.10 Å². The Morgan fingerprint density at radius 2 is 1.65 bits per heavy atom. The summed E-state index contributed by atoms with van der Waals surface area (Å²) in [7, 11) is 0. The highest BCUT2D eigenvalue weighted by molar-refractivity contribution is 6.30. The molecule has 0 fully saturated rings. The number of halogens is 1. The van der Waals surface area contributed by atoms with Crippen LogP contribution in [0.25, 0.3) is 0 Å². The van der Waals surface area contributed by atoms with Crippen molar-refractivity contribution in [3.05, 3.63) is 53.6 Å². The van der Waals surface area contributed by atoms with Crippen molar-refractivity contribution >= 4 is 23.4 Å². The monoisotopic (exact) mass is 332 g/mol. The van der Waals surface area contributed by atoms with Gasteiger partial charge in [-0.05, 0) is 62.4 Å². The topological polar surface area (TPSA) is 43.3 Å². The summed E-state index contributed by atoms with van der Waals surface area (Å²) in [6, 6.07) is 14.8. The number of nitrogens with zero attached hydrogens (tertiary/aromatic N) is 2. The maximum Gasteiger partial charge on any atom is 0.408 e. The minimum atomic E-state index is 0.0313. The van der Waals surface area contributed by atoms with Crippen LogP contribution in [0.15, 0.2) is 53.6 Å². The molecule has 1 aliphatic heterocycles. The second-order valence-electron chi connectivity index (χ2n) is 5.26. The highest BCUT2D eigenvalue weighted by Gasteiger charge is 2.19. The Labute approximate surface area is 140 Å². The van der Waals surface area contributed by atoms with E-state index < -0.39 is 0 Å². The third-order valence-corrected chi connectivity index (χ3v) is 3.29.